The van der Waals surface area contributed by atoms with Gasteiger partial charge in [-0.25, -0.2) is 17.6 Å². The van der Waals surface area contributed by atoms with Crippen LogP contribution in [0.25, 0.3) is 33.4 Å². The quantitative estimate of drug-likeness (QED) is 0.183. The number of allylic oxidation sites excluding steroid dienone is 8. The number of hydrogen-bond donors (Lipinski definition) is 0. The highest BCUT2D eigenvalue weighted by atomic mass is 19.4. The minimum Gasteiger partial charge on any atom is -0.206 e. The van der Waals surface area contributed by atoms with Crippen LogP contribution in [0.3, 0.4) is 0 Å². The number of benzene rings is 3. The zero-order chi connectivity index (χ0) is 45.4. The summed E-state index contributed by atoms with van der Waals surface area (Å²) in [4.78, 5) is 0. The number of nitrogens with zero attached hydrogens (tertiary/aromatic N) is 7. The molecule has 0 aromatic heterocycles. The number of fused-ring (bicyclic) bond motifs is 2. The second-order valence-corrected chi connectivity index (χ2v) is 11.8. The lowest BCUT2D eigenvalue weighted by Crippen LogP contribution is -2.19. The first-order chi connectivity index (χ1) is 27.7. The molecular weight excluding hydrogens is 846 g/mol. The van der Waals surface area contributed by atoms with E-state index in [4.69, 9.17) is 0 Å². The van der Waals surface area contributed by atoms with Crippen LogP contribution in [0.5, 0.6) is 0 Å². The van der Waals surface area contributed by atoms with Crippen molar-refractivity contribution in [2.75, 3.05) is 0 Å². The van der Waals surface area contributed by atoms with Gasteiger partial charge in [-0.2, -0.15) is 89.5 Å². The molecule has 3 aromatic carbocycles. The van der Waals surface area contributed by atoms with Gasteiger partial charge in [0.05, 0.1) is 27.8 Å². The minimum absolute atomic E-state index is 0.394. The molecule has 0 fully saturated rings. The van der Waals surface area contributed by atoms with E-state index in [1.165, 1.54) is 18.2 Å². The van der Waals surface area contributed by atoms with E-state index in [1.54, 1.807) is 0 Å². The number of halogens is 16. The van der Waals surface area contributed by atoms with Crippen molar-refractivity contribution in [2.45, 2.75) is 24.7 Å². The Balaban J connectivity index is 2.11. The van der Waals surface area contributed by atoms with E-state index >= 15 is 8.78 Å². The van der Waals surface area contributed by atoms with Crippen LogP contribution in [0.4, 0.5) is 70.2 Å². The van der Waals surface area contributed by atoms with Crippen molar-refractivity contribution in [3.05, 3.63) is 114 Å². The molecule has 3 aromatic rings. The van der Waals surface area contributed by atoms with Crippen molar-refractivity contribution >= 4 is 33.4 Å². The van der Waals surface area contributed by atoms with Gasteiger partial charge in [0.2, 0.25) is 0 Å². The van der Waals surface area contributed by atoms with Gasteiger partial charge in [-0.3, -0.25) is 0 Å². The second kappa shape index (κ2) is 14.1. The third kappa shape index (κ3) is 6.28. The molecular formula is C37H3F16N7. The molecule has 0 atom stereocenters. The van der Waals surface area contributed by atoms with E-state index in [-0.39, 0.29) is 0 Å². The largest absolute Gasteiger partial charge is 0.422 e. The predicted molar refractivity (Wildman–Crippen MR) is 165 cm³/mol. The van der Waals surface area contributed by atoms with E-state index in [2.05, 4.69) is 0 Å². The Hall–Kier alpha value is -8.07. The fourth-order valence-corrected chi connectivity index (χ4v) is 6.58. The molecule has 0 amide bonds. The summed E-state index contributed by atoms with van der Waals surface area (Å²) in [6.45, 7) is 0. The van der Waals surface area contributed by atoms with Gasteiger partial charge >= 0.3 is 24.7 Å². The van der Waals surface area contributed by atoms with Crippen LogP contribution in [0.15, 0.2) is 29.3 Å². The molecule has 2 aliphatic carbocycles. The molecule has 0 spiro atoms. The van der Waals surface area contributed by atoms with Gasteiger partial charge in [-0.15, -0.1) is 0 Å². The monoisotopic (exact) mass is 849 g/mol. The summed E-state index contributed by atoms with van der Waals surface area (Å²) in [6, 6.07) is 7.50. The molecule has 0 bridgehead atoms. The molecule has 23 heteroatoms. The first-order valence-electron chi connectivity index (χ1n) is 15.1. The summed E-state index contributed by atoms with van der Waals surface area (Å²) in [6.07, 6.45) is -24.7. The first kappa shape index (κ1) is 43.1. The first-order valence-corrected chi connectivity index (χ1v) is 15.1. The third-order valence-electron chi connectivity index (χ3n) is 8.77. The Morgan fingerprint density at radius 3 is 1.12 bits per heavy atom. The SMILES string of the molecule is N#CC(C#N)=C1C(c2cc(C(F)(F)F)c(F)c(C(F)(F)F)c2F)=C(C#N)c2c1cc1c(c2C#N)C(=C(C#N)C#N)C(c2cc(C(F)(F)F)c(F)c(C(F)(F)F)c2F)=C1C#N. The Morgan fingerprint density at radius 2 is 0.783 bits per heavy atom. The zero-order valence-electron chi connectivity index (χ0n) is 27.9. The van der Waals surface area contributed by atoms with Gasteiger partial charge in [0, 0.05) is 50.1 Å². The maximum Gasteiger partial charge on any atom is 0.422 e. The number of alkyl halides is 12. The van der Waals surface area contributed by atoms with Gasteiger partial charge in [-0.1, -0.05) is 0 Å². The molecule has 2 aliphatic rings. The van der Waals surface area contributed by atoms with Crippen molar-refractivity contribution in [1.29, 1.82) is 36.8 Å². The molecule has 0 N–H and O–H groups in total. The highest BCUT2D eigenvalue weighted by Crippen LogP contribution is 2.58. The summed E-state index contributed by atoms with van der Waals surface area (Å²) in [5, 5.41) is 70.4. The summed E-state index contributed by atoms with van der Waals surface area (Å²) in [7, 11) is 0. The molecule has 0 aliphatic heterocycles. The number of hydrogen-bond acceptors (Lipinski definition) is 7. The molecule has 0 unspecified atom stereocenters. The van der Waals surface area contributed by atoms with Gasteiger partial charge < -0.3 is 0 Å². The fourth-order valence-electron chi connectivity index (χ4n) is 6.58. The number of nitriles is 7. The number of rotatable bonds is 2. The summed E-state index contributed by atoms with van der Waals surface area (Å²) in [5.41, 5.74) is -33.2. The van der Waals surface area contributed by atoms with Crippen molar-refractivity contribution in [2.24, 2.45) is 0 Å². The summed E-state index contributed by atoms with van der Waals surface area (Å²) >= 11 is 0. The summed E-state index contributed by atoms with van der Waals surface area (Å²) < 4.78 is 229. The van der Waals surface area contributed by atoms with Crippen LogP contribution in [-0.4, -0.2) is 0 Å². The topological polar surface area (TPSA) is 167 Å². The van der Waals surface area contributed by atoms with Gasteiger partial charge in [0.15, 0.2) is 11.6 Å². The Morgan fingerprint density at radius 1 is 0.400 bits per heavy atom. The molecule has 60 heavy (non-hydrogen) atoms. The molecule has 298 valence electrons. The molecule has 0 saturated heterocycles. The van der Waals surface area contributed by atoms with Crippen molar-refractivity contribution in [1.82, 2.24) is 0 Å². The Labute approximate surface area is 321 Å². The van der Waals surface area contributed by atoms with Crippen LogP contribution in [0, 0.1) is 103 Å². The maximum absolute atomic E-state index is 15.9. The van der Waals surface area contributed by atoms with Crippen LogP contribution >= 0.6 is 0 Å². The smallest absolute Gasteiger partial charge is 0.206 e. The molecule has 0 saturated carbocycles. The lowest BCUT2D eigenvalue weighted by Gasteiger charge is -2.19. The van der Waals surface area contributed by atoms with Crippen LogP contribution in [0.1, 0.15) is 61.2 Å². The van der Waals surface area contributed by atoms with E-state index < -0.39 is 166 Å². The lowest BCUT2D eigenvalue weighted by atomic mass is 9.85. The van der Waals surface area contributed by atoms with Crippen LogP contribution in [-0.2, 0) is 24.7 Å². The lowest BCUT2D eigenvalue weighted by molar-refractivity contribution is -0.151. The molecule has 7 nitrogen and oxygen atoms in total. The Bertz CT molecular complexity index is 2940. The molecule has 0 heterocycles. The average molecular weight is 849 g/mol. The van der Waals surface area contributed by atoms with E-state index in [1.807, 2.05) is 0 Å². The van der Waals surface area contributed by atoms with Crippen molar-refractivity contribution in [3.8, 4) is 42.5 Å². The van der Waals surface area contributed by atoms with Crippen molar-refractivity contribution < 1.29 is 70.2 Å². The minimum atomic E-state index is -6.28. The summed E-state index contributed by atoms with van der Waals surface area (Å²) in [5.74, 6) is -12.2. The second-order valence-electron chi connectivity index (χ2n) is 11.8. The molecule has 5 rings (SSSR count). The van der Waals surface area contributed by atoms with Gasteiger partial charge in [-0.05, 0) is 23.8 Å². The van der Waals surface area contributed by atoms with E-state index in [9.17, 15) is 98.3 Å². The zero-order valence-corrected chi connectivity index (χ0v) is 27.9. The Kier molecular flexibility index (Phi) is 10.1. The fraction of sp³-hybridized carbons (Fsp3) is 0.108. The van der Waals surface area contributed by atoms with Crippen molar-refractivity contribution in [3.63, 3.8) is 0 Å². The van der Waals surface area contributed by atoms with E-state index in [0.29, 0.717) is 6.07 Å². The van der Waals surface area contributed by atoms with Gasteiger partial charge in [0.1, 0.15) is 76.4 Å². The maximum atomic E-state index is 15.9. The highest BCUT2D eigenvalue weighted by molar-refractivity contribution is 6.31. The normalized spacial score (nSPS) is 13.7. The van der Waals surface area contributed by atoms with E-state index in [0.717, 1.165) is 24.3 Å². The van der Waals surface area contributed by atoms with Crippen LogP contribution < -0.4 is 0 Å². The average Bonchev–Trinajstić information content (AvgIpc) is 3.62. The predicted octanol–water partition coefficient (Wildman–Crippen LogP) is 10.7. The molecule has 0 radical (unpaired) electrons. The van der Waals surface area contributed by atoms with Crippen LogP contribution in [0.2, 0.25) is 0 Å². The van der Waals surface area contributed by atoms with Gasteiger partial charge in [0.25, 0.3) is 0 Å². The highest BCUT2D eigenvalue weighted by Gasteiger charge is 2.50. The third-order valence-corrected chi connectivity index (χ3v) is 8.77. The standard InChI is InChI=1S/C37H3F16N7/c38-30-15(2-20(34(42,43)44)32(40)28(30)36(48,49)50)26-17(8-58)13-1-14-22(11(4-54)5-55)27(16-3-21(35(45,46)47)33(41)29(31(16)39)37(51,52)53)19(10-60)24(14)18(9-59)25(13)23(26)12(6-56)7-57/h1-3H.